The number of amides is 1. The van der Waals surface area contributed by atoms with Gasteiger partial charge in [0.2, 0.25) is 11.7 Å². The summed E-state index contributed by atoms with van der Waals surface area (Å²) in [7, 11) is 0. The number of Topliss-reactive ketones (excluding diaryl/α,β-unsaturated/α-hetero) is 1. The molecule has 1 N–H and O–H groups in total. The van der Waals surface area contributed by atoms with E-state index in [0.29, 0.717) is 12.2 Å². The summed E-state index contributed by atoms with van der Waals surface area (Å²) in [4.78, 5) is 73.5. The monoisotopic (exact) mass is 787 g/mol. The maximum Gasteiger partial charge on any atom is 0.309 e. The van der Waals surface area contributed by atoms with Crippen molar-refractivity contribution in [2.24, 2.45) is 11.8 Å². The Hall–Kier alpha value is -6.26. The molecular formula is C40H49N7O10. The van der Waals surface area contributed by atoms with Crippen molar-refractivity contribution < 1.29 is 39.0 Å². The summed E-state index contributed by atoms with van der Waals surface area (Å²) in [6, 6.07) is 23.9. The first kappa shape index (κ1) is 43.5. The third-order valence-electron chi connectivity index (χ3n) is 9.36. The predicted octanol–water partition coefficient (Wildman–Crippen LogP) is 6.39. The summed E-state index contributed by atoms with van der Waals surface area (Å²) < 4.78 is 5.62. The van der Waals surface area contributed by atoms with Gasteiger partial charge in [0.1, 0.15) is 12.7 Å². The number of ketones is 1. The number of tetrazole rings is 1. The number of nitrogens with one attached hydrogen (secondary N) is 1. The highest BCUT2D eigenvalue weighted by molar-refractivity contribution is 5.92. The summed E-state index contributed by atoms with van der Waals surface area (Å²) in [6.07, 6.45) is 1.23. The summed E-state index contributed by atoms with van der Waals surface area (Å²) in [5.41, 5.74) is 4.28. The fourth-order valence-corrected chi connectivity index (χ4v) is 6.61. The molecule has 0 radical (unpaired) electrons. The predicted molar refractivity (Wildman–Crippen MR) is 207 cm³/mol. The van der Waals surface area contributed by atoms with Crippen LogP contribution in [0, 0.1) is 32.1 Å². The van der Waals surface area contributed by atoms with Gasteiger partial charge >= 0.3 is 5.97 Å². The Kier molecular flexibility index (Phi) is 17.0. The first-order valence-electron chi connectivity index (χ1n) is 19.0. The summed E-state index contributed by atoms with van der Waals surface area (Å²) in [5.74, 6) is -1.67. The van der Waals surface area contributed by atoms with Gasteiger partial charge in [-0.2, -0.15) is 5.21 Å². The van der Waals surface area contributed by atoms with Gasteiger partial charge in [-0.15, -0.1) is 30.4 Å². The molecule has 0 fully saturated rings. The fraction of sp³-hybridized carbons (Fsp3) is 0.450. The van der Waals surface area contributed by atoms with Crippen LogP contribution in [-0.2, 0) is 41.8 Å². The van der Waals surface area contributed by atoms with Crippen LogP contribution in [0.25, 0.3) is 22.5 Å². The molecule has 17 nitrogen and oxygen atoms in total. The topological polar surface area (TPSA) is 223 Å². The lowest BCUT2D eigenvalue weighted by molar-refractivity contribution is -0.790. The van der Waals surface area contributed by atoms with Crippen LogP contribution in [-0.4, -0.2) is 78.7 Å². The molecule has 1 heterocycles. The number of nitrogens with zero attached hydrogens (tertiary/aromatic N) is 6. The highest BCUT2D eigenvalue weighted by Gasteiger charge is 2.35. The maximum atomic E-state index is 14.4. The normalized spacial score (nSPS) is 12.6. The van der Waals surface area contributed by atoms with E-state index < -0.39 is 40.8 Å². The highest BCUT2D eigenvalue weighted by atomic mass is 17.0. The van der Waals surface area contributed by atoms with Crippen LogP contribution in [0.1, 0.15) is 76.8 Å². The first-order chi connectivity index (χ1) is 27.5. The number of benzene rings is 3. The Bertz CT molecular complexity index is 1890. The number of carbonyl (C=O) groups is 3. The van der Waals surface area contributed by atoms with Crippen molar-refractivity contribution in [2.75, 3.05) is 13.2 Å². The number of carbonyl (C=O) groups excluding carboxylic acids is 3. The lowest BCUT2D eigenvalue weighted by Gasteiger charge is -2.34. The Morgan fingerprint density at radius 3 is 2.19 bits per heavy atom. The molecular weight excluding hydrogens is 738 g/mol. The van der Waals surface area contributed by atoms with Crippen molar-refractivity contribution in [3.8, 4) is 22.5 Å². The quantitative estimate of drug-likeness (QED) is 0.0333. The average Bonchev–Trinajstić information content (AvgIpc) is 3.74. The number of aromatic nitrogens is 4. The van der Waals surface area contributed by atoms with Crippen molar-refractivity contribution in [1.82, 2.24) is 25.5 Å². The van der Waals surface area contributed by atoms with E-state index in [2.05, 4.69) is 30.3 Å². The number of unbranched alkanes of at least 4 members (excludes halogenated alkanes) is 2. The van der Waals surface area contributed by atoms with Gasteiger partial charge in [0.15, 0.2) is 5.78 Å². The van der Waals surface area contributed by atoms with E-state index in [1.54, 1.807) is 4.90 Å². The zero-order valence-corrected chi connectivity index (χ0v) is 32.4. The molecule has 3 aromatic carbocycles. The highest BCUT2D eigenvalue weighted by Crippen LogP contribution is 2.30. The lowest BCUT2D eigenvalue weighted by atomic mass is 9.87. The molecule has 0 saturated carbocycles. The van der Waals surface area contributed by atoms with Gasteiger partial charge in [0, 0.05) is 24.9 Å². The number of aromatic amines is 1. The van der Waals surface area contributed by atoms with Gasteiger partial charge in [-0.1, -0.05) is 106 Å². The van der Waals surface area contributed by atoms with E-state index in [9.17, 15) is 34.6 Å². The SMILES string of the molecule is CCCCC(=O)N(Cc1ccc(-c2ccccc2-c2nn[nH]n2)cc1)C(C(=O)CC(Cc1ccccc1)C(=O)OCCCCC(CO[N+](=O)[O-])O[N+](=O)[O-])C(C)C. The summed E-state index contributed by atoms with van der Waals surface area (Å²) in [5, 5.41) is 33.7. The summed E-state index contributed by atoms with van der Waals surface area (Å²) >= 11 is 0. The molecule has 0 saturated heterocycles. The number of rotatable bonds is 25. The number of ether oxygens (including phenoxy) is 1. The number of H-pyrrole nitrogens is 1. The standard InChI is InChI=1S/C40H49N7O10/c1-4-5-18-37(49)45(26-30-19-21-31(22-20-30)34-16-9-10-17-35(34)39-41-43-44-42-39)38(28(2)3)36(48)25-32(24-29-13-7-6-8-14-29)40(50)55-23-12-11-15-33(57-47(53)54)27-56-46(51)52/h6-10,13-14,16-17,19-22,28,32-33,38H,4-5,11-12,15,18,23-27H2,1-3H3,(H,41,42,43,44). The van der Waals surface area contributed by atoms with E-state index in [-0.39, 0.29) is 69.3 Å². The van der Waals surface area contributed by atoms with Crippen LogP contribution >= 0.6 is 0 Å². The van der Waals surface area contributed by atoms with E-state index in [1.807, 2.05) is 99.6 Å². The van der Waals surface area contributed by atoms with Gasteiger partial charge in [-0.3, -0.25) is 14.4 Å². The van der Waals surface area contributed by atoms with E-state index in [1.165, 1.54) is 0 Å². The van der Waals surface area contributed by atoms with Gasteiger partial charge in [0.25, 0.3) is 10.2 Å². The molecule has 0 spiro atoms. The van der Waals surface area contributed by atoms with Gasteiger partial charge in [-0.05, 0) is 65.5 Å². The lowest BCUT2D eigenvalue weighted by Crippen LogP contribution is -2.48. The van der Waals surface area contributed by atoms with Gasteiger partial charge in [0.05, 0.1) is 18.6 Å². The largest absolute Gasteiger partial charge is 0.465 e. The number of hydrogen-bond acceptors (Lipinski definition) is 13. The Morgan fingerprint density at radius 1 is 0.860 bits per heavy atom. The minimum atomic E-state index is -1.17. The third kappa shape index (κ3) is 13.8. The molecule has 17 heteroatoms. The maximum absolute atomic E-state index is 14.4. The molecule has 4 aromatic rings. The molecule has 3 atom stereocenters. The van der Waals surface area contributed by atoms with Crippen LogP contribution in [0.2, 0.25) is 0 Å². The molecule has 0 aliphatic heterocycles. The molecule has 0 bridgehead atoms. The smallest absolute Gasteiger partial charge is 0.309 e. The molecule has 304 valence electrons. The van der Waals surface area contributed by atoms with Crippen LogP contribution in [0.3, 0.4) is 0 Å². The molecule has 1 amide bonds. The van der Waals surface area contributed by atoms with Crippen molar-refractivity contribution in [1.29, 1.82) is 0 Å². The first-order valence-corrected chi connectivity index (χ1v) is 19.0. The van der Waals surface area contributed by atoms with Gasteiger partial charge in [-0.25, -0.2) is 0 Å². The minimum absolute atomic E-state index is 0.0482. The van der Waals surface area contributed by atoms with Crippen LogP contribution < -0.4 is 0 Å². The van der Waals surface area contributed by atoms with Crippen LogP contribution in [0.15, 0.2) is 78.9 Å². The van der Waals surface area contributed by atoms with Crippen molar-refractivity contribution >= 4 is 17.7 Å². The Labute approximate surface area is 330 Å². The average molecular weight is 788 g/mol. The van der Waals surface area contributed by atoms with Gasteiger partial charge < -0.3 is 19.3 Å². The fourth-order valence-electron chi connectivity index (χ4n) is 6.61. The van der Waals surface area contributed by atoms with Crippen LogP contribution in [0.5, 0.6) is 0 Å². The van der Waals surface area contributed by atoms with Crippen LogP contribution in [0.4, 0.5) is 0 Å². The Morgan fingerprint density at radius 2 is 1.56 bits per heavy atom. The zero-order valence-electron chi connectivity index (χ0n) is 32.4. The summed E-state index contributed by atoms with van der Waals surface area (Å²) in [6.45, 7) is 5.29. The van der Waals surface area contributed by atoms with E-state index in [4.69, 9.17) is 4.74 Å². The molecule has 57 heavy (non-hydrogen) atoms. The van der Waals surface area contributed by atoms with Crippen molar-refractivity contribution in [3.63, 3.8) is 0 Å². The molecule has 1 aromatic heterocycles. The Balaban J connectivity index is 1.50. The van der Waals surface area contributed by atoms with Crippen molar-refractivity contribution in [2.45, 2.75) is 90.8 Å². The zero-order chi connectivity index (χ0) is 41.2. The van der Waals surface area contributed by atoms with E-state index in [0.717, 1.165) is 34.2 Å². The number of esters is 1. The minimum Gasteiger partial charge on any atom is -0.465 e. The molecule has 4 rings (SSSR count). The van der Waals surface area contributed by atoms with E-state index >= 15 is 0 Å². The molecule has 0 aliphatic carbocycles. The second kappa shape index (κ2) is 22.3. The van der Waals surface area contributed by atoms with Crippen molar-refractivity contribution in [3.05, 3.63) is 110 Å². The molecule has 0 aliphatic rings. The number of hydrogen-bond donors (Lipinski definition) is 1. The molecule has 3 unspecified atom stereocenters. The second-order valence-electron chi connectivity index (χ2n) is 14.0. The third-order valence-corrected chi connectivity index (χ3v) is 9.36. The second-order valence-corrected chi connectivity index (χ2v) is 14.0.